The second-order valence-corrected chi connectivity index (χ2v) is 24.1. The number of fused-ring (bicyclic) bond motifs is 1. The number of aromatic carboxylic acids is 1. The predicted molar refractivity (Wildman–Crippen MR) is 159 cm³/mol. The third-order valence-electron chi connectivity index (χ3n) is 6.08. The molecule has 0 aliphatic carbocycles. The second-order valence-electron chi connectivity index (χ2n) is 11.8. The van der Waals surface area contributed by atoms with E-state index in [0.29, 0.717) is 46.7 Å². The standard InChI is InChI=1S/C27H40N2O6SSi2/c1-8-19-15-23(36-25(19)27(31)32)20-13-21-24(22(14-20)35-18-34-10-12-38(5,6)7)28-16-29(26(21)30)17-33-9-11-37(2,3)4/h13-16H,8-12,17-18H2,1-7H3,(H,31,32). The molecule has 1 aromatic carbocycles. The van der Waals surface area contributed by atoms with E-state index in [1.54, 1.807) is 6.07 Å². The Morgan fingerprint density at radius 1 is 1.03 bits per heavy atom. The van der Waals surface area contributed by atoms with Crippen LogP contribution in [0, 0.1) is 0 Å². The molecule has 1 N–H and O–H groups in total. The van der Waals surface area contributed by atoms with Crippen molar-refractivity contribution in [3.63, 3.8) is 0 Å². The molecule has 208 valence electrons. The van der Waals surface area contributed by atoms with Crippen LogP contribution in [0.3, 0.4) is 0 Å². The van der Waals surface area contributed by atoms with E-state index in [1.165, 1.54) is 22.2 Å². The Kier molecular flexibility index (Phi) is 10.1. The molecule has 11 heteroatoms. The number of carboxylic acid groups (broad SMARTS) is 1. The summed E-state index contributed by atoms with van der Waals surface area (Å²) < 4.78 is 19.0. The van der Waals surface area contributed by atoms with Gasteiger partial charge in [-0.3, -0.25) is 9.36 Å². The summed E-state index contributed by atoms with van der Waals surface area (Å²) in [5.41, 5.74) is 1.67. The van der Waals surface area contributed by atoms with E-state index in [2.05, 4.69) is 44.3 Å². The summed E-state index contributed by atoms with van der Waals surface area (Å²) in [4.78, 5) is 30.8. The molecule has 2 aromatic heterocycles. The summed E-state index contributed by atoms with van der Waals surface area (Å²) >= 11 is 1.19. The lowest BCUT2D eigenvalue weighted by molar-refractivity contribution is 0.0228. The number of nitrogens with zero attached hydrogens (tertiary/aromatic N) is 2. The van der Waals surface area contributed by atoms with Crippen molar-refractivity contribution < 1.29 is 24.1 Å². The largest absolute Gasteiger partial charge is 0.477 e. The van der Waals surface area contributed by atoms with Crippen molar-refractivity contribution in [2.45, 2.75) is 71.4 Å². The molecule has 38 heavy (non-hydrogen) atoms. The van der Waals surface area contributed by atoms with Crippen molar-refractivity contribution >= 4 is 44.4 Å². The van der Waals surface area contributed by atoms with Crippen molar-refractivity contribution in [1.82, 2.24) is 9.55 Å². The number of hydrogen-bond donors (Lipinski definition) is 1. The van der Waals surface area contributed by atoms with Gasteiger partial charge in [0.25, 0.3) is 5.56 Å². The maximum atomic E-state index is 13.5. The van der Waals surface area contributed by atoms with Crippen molar-refractivity contribution in [3.05, 3.63) is 45.3 Å². The minimum Gasteiger partial charge on any atom is -0.477 e. The molecule has 0 spiro atoms. The van der Waals surface area contributed by atoms with Gasteiger partial charge in [-0.05, 0) is 47.8 Å². The molecule has 0 atom stereocenters. The first-order chi connectivity index (χ1) is 17.8. The Morgan fingerprint density at radius 3 is 2.26 bits per heavy atom. The fraction of sp³-hybridized carbons (Fsp3) is 0.519. The number of thiophene rings is 1. The highest BCUT2D eigenvalue weighted by Crippen LogP contribution is 2.36. The van der Waals surface area contributed by atoms with Crippen LogP contribution in [0.2, 0.25) is 51.4 Å². The summed E-state index contributed by atoms with van der Waals surface area (Å²) in [6.45, 7) is 17.0. The number of carboxylic acids is 1. The maximum absolute atomic E-state index is 13.5. The van der Waals surface area contributed by atoms with Crippen molar-refractivity contribution in [2.75, 3.05) is 20.0 Å². The smallest absolute Gasteiger partial charge is 0.346 e. The molecule has 3 aromatic rings. The first-order valence-corrected chi connectivity index (χ1v) is 21.2. The second kappa shape index (κ2) is 12.7. The van der Waals surface area contributed by atoms with E-state index in [1.807, 2.05) is 19.1 Å². The number of benzene rings is 1. The normalized spacial score (nSPS) is 12.3. The van der Waals surface area contributed by atoms with Gasteiger partial charge in [0.05, 0.1) is 5.39 Å². The topological polar surface area (TPSA) is 99.9 Å². The first-order valence-electron chi connectivity index (χ1n) is 13.0. The van der Waals surface area contributed by atoms with Crippen LogP contribution in [0.25, 0.3) is 21.3 Å². The Labute approximate surface area is 230 Å². The zero-order chi connectivity index (χ0) is 28.1. The van der Waals surface area contributed by atoms with E-state index >= 15 is 0 Å². The molecular weight excluding hydrogens is 537 g/mol. The number of aryl methyl sites for hydroxylation is 1. The molecule has 8 nitrogen and oxygen atoms in total. The highest BCUT2D eigenvalue weighted by molar-refractivity contribution is 7.17. The molecule has 3 rings (SSSR count). The minimum atomic E-state index is -1.24. The zero-order valence-electron chi connectivity index (χ0n) is 23.6. The Hall–Kier alpha value is -2.32. The molecule has 0 radical (unpaired) electrons. The van der Waals surface area contributed by atoms with Gasteiger partial charge < -0.3 is 19.3 Å². The van der Waals surface area contributed by atoms with Crippen molar-refractivity contribution in [3.8, 4) is 16.2 Å². The molecule has 0 unspecified atom stereocenters. The van der Waals surface area contributed by atoms with Crippen LogP contribution in [0.5, 0.6) is 5.75 Å². The van der Waals surface area contributed by atoms with E-state index in [9.17, 15) is 14.7 Å². The summed E-state index contributed by atoms with van der Waals surface area (Å²) in [5.74, 6) is -0.525. The Morgan fingerprint density at radius 2 is 1.68 bits per heavy atom. The maximum Gasteiger partial charge on any atom is 0.346 e. The average molecular weight is 577 g/mol. The van der Waals surface area contributed by atoms with Crippen LogP contribution in [0.1, 0.15) is 22.2 Å². The molecule has 0 aliphatic rings. The van der Waals surface area contributed by atoms with E-state index in [0.717, 1.165) is 22.5 Å². The van der Waals surface area contributed by atoms with Gasteiger partial charge in [-0.1, -0.05) is 46.2 Å². The SMILES string of the molecule is CCc1cc(-c2cc(OCOCC[Si](C)(C)C)c3ncn(COCC[Si](C)(C)C)c(=O)c3c2)sc1C(=O)O. The van der Waals surface area contributed by atoms with Gasteiger partial charge in [0.15, 0.2) is 6.79 Å². The van der Waals surface area contributed by atoms with Gasteiger partial charge in [-0.25, -0.2) is 9.78 Å². The van der Waals surface area contributed by atoms with Gasteiger partial charge in [-0.2, -0.15) is 0 Å². The first kappa shape index (κ1) is 30.2. The number of hydrogen-bond acceptors (Lipinski definition) is 7. The fourth-order valence-electron chi connectivity index (χ4n) is 3.68. The molecule has 0 saturated carbocycles. The number of aromatic nitrogens is 2. The number of ether oxygens (including phenoxy) is 3. The van der Waals surface area contributed by atoms with E-state index < -0.39 is 22.1 Å². The molecule has 0 aliphatic heterocycles. The van der Waals surface area contributed by atoms with Gasteiger partial charge in [0.1, 0.15) is 29.2 Å². The van der Waals surface area contributed by atoms with Crippen LogP contribution in [-0.2, 0) is 22.6 Å². The average Bonchev–Trinajstić information content (AvgIpc) is 3.26. The van der Waals surface area contributed by atoms with Crippen LogP contribution < -0.4 is 10.3 Å². The van der Waals surface area contributed by atoms with Gasteiger partial charge >= 0.3 is 5.97 Å². The van der Waals surface area contributed by atoms with Crippen LogP contribution in [-0.4, -0.2) is 56.8 Å². The Bertz CT molecular complexity index is 1320. The van der Waals surface area contributed by atoms with E-state index in [4.69, 9.17) is 14.2 Å². The highest BCUT2D eigenvalue weighted by atomic mass is 32.1. The van der Waals surface area contributed by atoms with Crippen LogP contribution in [0.15, 0.2) is 29.3 Å². The number of rotatable bonds is 14. The molecule has 2 heterocycles. The highest BCUT2D eigenvalue weighted by Gasteiger charge is 2.19. The van der Waals surface area contributed by atoms with E-state index in [-0.39, 0.29) is 19.1 Å². The Balaban J connectivity index is 1.96. The third-order valence-corrected chi connectivity index (χ3v) is 10.7. The van der Waals surface area contributed by atoms with Crippen molar-refractivity contribution in [2.24, 2.45) is 0 Å². The summed E-state index contributed by atoms with van der Waals surface area (Å²) in [5, 5.41) is 10.0. The fourth-order valence-corrected chi connectivity index (χ4v) is 6.27. The molecule has 0 amide bonds. The van der Waals surface area contributed by atoms with Crippen LogP contribution in [0.4, 0.5) is 0 Å². The third kappa shape index (κ3) is 8.34. The van der Waals surface area contributed by atoms with Crippen LogP contribution >= 0.6 is 11.3 Å². The van der Waals surface area contributed by atoms with Gasteiger partial charge in [0.2, 0.25) is 0 Å². The molecule has 0 saturated heterocycles. The minimum absolute atomic E-state index is 0.0403. The monoisotopic (exact) mass is 576 g/mol. The summed E-state index contributed by atoms with van der Waals surface area (Å²) in [6.07, 6.45) is 2.09. The van der Waals surface area contributed by atoms with Gasteiger partial charge in [0, 0.05) is 34.2 Å². The lowest BCUT2D eigenvalue weighted by atomic mass is 10.1. The molecule has 0 fully saturated rings. The summed E-state index contributed by atoms with van der Waals surface area (Å²) in [6, 6.07) is 7.47. The lowest BCUT2D eigenvalue weighted by Gasteiger charge is -2.17. The van der Waals surface area contributed by atoms with Gasteiger partial charge in [-0.15, -0.1) is 11.3 Å². The lowest BCUT2D eigenvalue weighted by Crippen LogP contribution is -2.25. The predicted octanol–water partition coefficient (Wildman–Crippen LogP) is 6.39. The number of carbonyl (C=O) groups is 1. The van der Waals surface area contributed by atoms with Crippen molar-refractivity contribution in [1.29, 1.82) is 0 Å². The zero-order valence-corrected chi connectivity index (χ0v) is 26.4. The molecule has 0 bridgehead atoms. The molecular formula is C27H40N2O6SSi2. The quantitative estimate of drug-likeness (QED) is 0.135. The summed E-state index contributed by atoms with van der Waals surface area (Å²) in [7, 11) is -2.47.